The van der Waals surface area contributed by atoms with Crippen LogP contribution in [0.25, 0.3) is 0 Å². The van der Waals surface area contributed by atoms with Gasteiger partial charge in [-0.2, -0.15) is 5.20 Å². The number of benzene rings is 1. The summed E-state index contributed by atoms with van der Waals surface area (Å²) < 4.78 is 83.7. The molecule has 68 heavy (non-hydrogen) atoms. The lowest BCUT2D eigenvalue weighted by Gasteiger charge is -2.25. The first-order valence-corrected chi connectivity index (χ1v) is 25.6. The van der Waals surface area contributed by atoms with Crippen LogP contribution in [-0.2, 0) is 37.5 Å². The van der Waals surface area contributed by atoms with Crippen LogP contribution in [0.5, 0.6) is 5.75 Å². The molecule has 2 saturated heterocycles. The van der Waals surface area contributed by atoms with E-state index in [0.717, 1.165) is 27.5 Å². The lowest BCUT2D eigenvalue weighted by atomic mass is 9.90. The Kier molecular flexibility index (Phi) is 21.9. The number of alkyl halides is 2. The first-order chi connectivity index (χ1) is 30.9. The Morgan fingerprint density at radius 1 is 0.794 bits per heavy atom. The predicted molar refractivity (Wildman–Crippen MR) is 251 cm³/mol. The number of aliphatic hydroxyl groups is 1. The van der Waals surface area contributed by atoms with E-state index in [4.69, 9.17) is 28.4 Å². The molecule has 12 atom stereocenters. The van der Waals surface area contributed by atoms with Gasteiger partial charge in [-0.15, -0.1) is 0 Å². The van der Waals surface area contributed by atoms with Gasteiger partial charge in [0.15, 0.2) is 29.6 Å². The van der Waals surface area contributed by atoms with Gasteiger partial charge in [-0.1, -0.05) is 53.3 Å². The molecular weight excluding hydrogens is 938 g/mol. The number of ether oxygens (including phenoxy) is 3. The molecule has 1 aromatic carbocycles. The summed E-state index contributed by atoms with van der Waals surface area (Å²) in [7, 11) is -6.50. The van der Waals surface area contributed by atoms with Crippen molar-refractivity contribution in [3.63, 3.8) is 0 Å². The highest BCUT2D eigenvalue weighted by atomic mass is 31.2. The second-order valence-corrected chi connectivity index (χ2v) is 21.7. The number of aromatic amines is 2. The number of hydrogen-bond donors (Lipinski definition) is 6. The molecule has 0 unspecified atom stereocenters. The fourth-order valence-electron chi connectivity index (χ4n) is 6.78. The third kappa shape index (κ3) is 16.3. The van der Waals surface area contributed by atoms with E-state index >= 15 is 4.39 Å². The van der Waals surface area contributed by atoms with Gasteiger partial charge in [0.25, 0.3) is 18.6 Å². The van der Waals surface area contributed by atoms with Crippen LogP contribution >= 0.6 is 15.0 Å². The molecule has 2 aliphatic rings. The number of rotatable bonds is 17. The first-order valence-electron chi connectivity index (χ1n) is 21.5. The van der Waals surface area contributed by atoms with Gasteiger partial charge in [0, 0.05) is 55.6 Å². The summed E-state index contributed by atoms with van der Waals surface area (Å²) in [5.41, 5.74) is -3.73. The average Bonchev–Trinajstić information content (AvgIpc) is 3.60. The normalized spacial score (nSPS) is 27.0. The zero-order chi connectivity index (χ0) is 50.8. The summed E-state index contributed by atoms with van der Waals surface area (Å²) in [6, 6.07) is 9.82. The van der Waals surface area contributed by atoms with Gasteiger partial charge in [0.1, 0.15) is 11.8 Å². The van der Waals surface area contributed by atoms with E-state index < -0.39 is 103 Å². The lowest BCUT2D eigenvalue weighted by molar-refractivity contribution is -0.149. The Labute approximate surface area is 394 Å². The average molecular weight is 1010 g/mol. The fourth-order valence-corrected chi connectivity index (χ4v) is 9.09. The number of aliphatic hydroxyl groups excluding tert-OH is 1. The van der Waals surface area contributed by atoms with Crippen LogP contribution in [0.1, 0.15) is 89.1 Å². The number of ketones is 1. The molecule has 0 spiro atoms. The van der Waals surface area contributed by atoms with Gasteiger partial charge >= 0.3 is 24.9 Å². The molecule has 4 heterocycles. The summed E-state index contributed by atoms with van der Waals surface area (Å²) in [6.07, 6.45) is -1.92. The van der Waals surface area contributed by atoms with E-state index in [9.17, 15) is 42.3 Å². The maximum absolute atomic E-state index is 15.4. The van der Waals surface area contributed by atoms with E-state index in [1.807, 2.05) is 24.9 Å². The van der Waals surface area contributed by atoms with Crippen LogP contribution in [0, 0.1) is 17.8 Å². The van der Waals surface area contributed by atoms with Crippen molar-refractivity contribution in [1.29, 1.82) is 0 Å². The minimum atomic E-state index is -3.44. The van der Waals surface area contributed by atoms with Crippen LogP contribution in [0.15, 0.2) is 74.0 Å². The standard InChI is InChI=1S/C18H29FN3O7P.C13H21N2O3P.C11H15FN2O4.CH4/c1-10(2)28-15(24)12(4)21-30(6,26)27-9-13-11(3)18(5,19)16(29-13)22-8-7-14(23)20-17(22)25;1-10(2)13(16)11(3)14-15-19(4,17)18-12-8-6-5-7-9-12;1-6-7(5-15)18-9(11(6,2)12)14-4-3-8(16)13-10(14)17;/h7-8,10-13,16H,9H2,1-6H3,(H,21,26)(H,20,23,25);5-11,14H,1-4H3,(H,15,17);3-4,6-7,9,15H,5H2,1-2H3,(H,13,16,17);1H4/t11-,12+,13-,16-,18-,30-;11-,19-;6-,7-,9-,11-;/m101./s1. The van der Waals surface area contributed by atoms with Crippen molar-refractivity contribution >= 4 is 26.8 Å². The van der Waals surface area contributed by atoms with Crippen LogP contribution in [0.4, 0.5) is 8.78 Å². The Morgan fingerprint density at radius 2 is 1.26 bits per heavy atom. The summed E-state index contributed by atoms with van der Waals surface area (Å²) >= 11 is 0. The van der Waals surface area contributed by atoms with Crippen LogP contribution in [0.2, 0.25) is 0 Å². The van der Waals surface area contributed by atoms with Crippen LogP contribution in [-0.4, -0.2) is 104 Å². The molecule has 2 aromatic heterocycles. The highest BCUT2D eigenvalue weighted by molar-refractivity contribution is 7.56. The maximum Gasteiger partial charge on any atom is 0.330 e. The van der Waals surface area contributed by atoms with Crippen molar-refractivity contribution < 1.29 is 55.9 Å². The molecule has 0 amide bonds. The third-order valence-corrected chi connectivity index (χ3v) is 13.6. The molecule has 6 N–H and O–H groups in total. The number of para-hydroxylation sites is 1. The second kappa shape index (κ2) is 24.9. The van der Waals surface area contributed by atoms with Crippen molar-refractivity contribution in [2.75, 3.05) is 26.5 Å². The summed E-state index contributed by atoms with van der Waals surface area (Å²) in [5.74, 6) is -1.36. The molecule has 384 valence electrons. The van der Waals surface area contributed by atoms with E-state index in [-0.39, 0.29) is 38.4 Å². The zero-order valence-corrected chi connectivity index (χ0v) is 41.5. The first kappa shape index (κ1) is 59.7. The molecule has 21 nitrogen and oxygen atoms in total. The lowest BCUT2D eigenvalue weighted by Crippen LogP contribution is -2.44. The van der Waals surface area contributed by atoms with E-state index in [1.54, 1.807) is 58.9 Å². The molecule has 5 rings (SSSR count). The summed E-state index contributed by atoms with van der Waals surface area (Å²) in [5, 5.41) is 14.3. The van der Waals surface area contributed by atoms with Crippen LogP contribution < -0.4 is 42.7 Å². The van der Waals surface area contributed by atoms with Gasteiger partial charge in [-0.3, -0.25) is 47.4 Å². The second-order valence-electron chi connectivity index (χ2n) is 17.4. The number of halogens is 2. The summed E-state index contributed by atoms with van der Waals surface area (Å²) in [6.45, 7) is 18.3. The topological polar surface area (TPSA) is 280 Å². The predicted octanol–water partition coefficient (Wildman–Crippen LogP) is 4.59. The zero-order valence-electron chi connectivity index (χ0n) is 39.7. The molecule has 0 saturated carbocycles. The maximum atomic E-state index is 15.4. The van der Waals surface area contributed by atoms with Crippen molar-refractivity contribution in [1.82, 2.24) is 34.8 Å². The van der Waals surface area contributed by atoms with Crippen molar-refractivity contribution in [2.24, 2.45) is 17.8 Å². The number of H-pyrrole nitrogens is 2. The van der Waals surface area contributed by atoms with E-state index in [1.165, 1.54) is 40.3 Å². The smallest absolute Gasteiger partial charge is 0.330 e. The third-order valence-electron chi connectivity index (χ3n) is 11.0. The molecule has 0 bridgehead atoms. The Morgan fingerprint density at radius 3 is 1.69 bits per heavy atom. The van der Waals surface area contributed by atoms with Crippen LogP contribution in [0.3, 0.4) is 0 Å². The molecule has 25 heteroatoms. The molecule has 0 radical (unpaired) electrons. The number of nitrogens with one attached hydrogen (secondary N) is 5. The molecule has 0 aliphatic carbocycles. The van der Waals surface area contributed by atoms with E-state index in [0.29, 0.717) is 5.75 Å². The Balaban J connectivity index is 0.000000364. The Hall–Kier alpha value is -4.44. The number of aromatic nitrogens is 4. The van der Waals surface area contributed by atoms with Gasteiger partial charge < -0.3 is 28.4 Å². The number of carbonyl (C=O) groups excluding carboxylic acids is 2. The van der Waals surface area contributed by atoms with Gasteiger partial charge in [0.05, 0.1) is 37.6 Å². The number of hydrazine groups is 1. The minimum Gasteiger partial charge on any atom is -0.462 e. The highest BCUT2D eigenvalue weighted by Gasteiger charge is 2.54. The number of nitrogens with zero attached hydrogens (tertiary/aromatic N) is 2. The largest absolute Gasteiger partial charge is 0.462 e. The Bertz CT molecular complexity index is 2460. The number of Topliss-reactive ketones (excluding diaryl/α,β-unsaturated/α-hetero) is 1. The molecule has 3 aromatic rings. The van der Waals surface area contributed by atoms with Crippen molar-refractivity contribution in [3.05, 3.63) is 96.5 Å². The van der Waals surface area contributed by atoms with Crippen molar-refractivity contribution in [2.45, 2.75) is 131 Å². The monoisotopic (exact) mass is 1010 g/mol. The highest BCUT2D eigenvalue weighted by Crippen LogP contribution is 2.47. The number of hydrogen-bond acceptors (Lipinski definition) is 15. The minimum absolute atomic E-state index is 0. The van der Waals surface area contributed by atoms with Crippen molar-refractivity contribution in [3.8, 4) is 5.75 Å². The SMILES string of the molecule is C.CC(C)C(=O)[C@H](C)NN[P@@](C)(=O)Oc1ccccc1.CC(C)OC(=O)[C@H](C)N[P@](C)(=O)OC[C@H]1O[C@@H](n2ccc(=O)[nH]c2=O)[C@](C)(F)[C@@H]1C.C[C@@H]1[C@@H](CO)O[C@@H](n2ccc(=O)[nH]c2=O)[C@]1(C)F. The van der Waals surface area contributed by atoms with Gasteiger partial charge in [-0.05, 0) is 53.7 Å². The quantitative estimate of drug-likeness (QED) is 0.0613. The molecular formula is C43H69F2N7O14P2. The van der Waals surface area contributed by atoms with Gasteiger partial charge in [-0.25, -0.2) is 28.9 Å². The van der Waals surface area contributed by atoms with Gasteiger partial charge in [0.2, 0.25) is 0 Å². The van der Waals surface area contributed by atoms with E-state index in [2.05, 4.69) is 20.7 Å². The fraction of sp³-hybridized carbons (Fsp3) is 0.628. The number of esters is 1. The number of carbonyl (C=O) groups is 2. The molecule has 2 fully saturated rings. The molecule has 2 aliphatic heterocycles. The summed E-state index contributed by atoms with van der Waals surface area (Å²) in [4.78, 5) is 73.6.